The van der Waals surface area contributed by atoms with Gasteiger partial charge in [0, 0.05) is 0 Å². The van der Waals surface area contributed by atoms with Crippen molar-refractivity contribution in [3.8, 4) is 0 Å². The minimum Gasteiger partial charge on any atom is -0.460 e. The second-order valence-corrected chi connectivity index (χ2v) is 3.72. The summed E-state index contributed by atoms with van der Waals surface area (Å²) in [5.74, 6) is -3.52. The highest BCUT2D eigenvalue weighted by Gasteiger charge is 2.31. The molecule has 0 fully saturated rings. The maximum absolute atomic E-state index is 11.7. The molecule has 1 aromatic carbocycles. The van der Waals surface area contributed by atoms with Crippen LogP contribution in [0, 0.1) is 0 Å². The lowest BCUT2D eigenvalue weighted by atomic mass is 10.1. The third kappa shape index (κ3) is 2.52. The SMILES string of the molecule is CCOC(=O)C(=O)C(C=O)c1nc2ccccc2o1. The average molecular weight is 261 g/mol. The Labute approximate surface area is 108 Å². The molecule has 2 rings (SSSR count). The first-order chi connectivity index (χ1) is 9.17. The first kappa shape index (κ1) is 12.9. The number of ether oxygens (including phenoxy) is 1. The number of carbonyl (C=O) groups excluding carboxylic acids is 3. The van der Waals surface area contributed by atoms with E-state index < -0.39 is 17.7 Å². The molecule has 0 aliphatic rings. The van der Waals surface area contributed by atoms with Gasteiger partial charge in [-0.15, -0.1) is 0 Å². The molecule has 1 atom stereocenters. The molecule has 1 heterocycles. The first-order valence-electron chi connectivity index (χ1n) is 5.69. The van der Waals surface area contributed by atoms with Crippen LogP contribution in [0.2, 0.25) is 0 Å². The molecule has 1 unspecified atom stereocenters. The van der Waals surface area contributed by atoms with Crippen LogP contribution in [-0.4, -0.2) is 29.6 Å². The van der Waals surface area contributed by atoms with Crippen LogP contribution < -0.4 is 0 Å². The van der Waals surface area contributed by atoms with Gasteiger partial charge in [-0.25, -0.2) is 9.78 Å². The monoisotopic (exact) mass is 261 g/mol. The van der Waals surface area contributed by atoms with Gasteiger partial charge in [0.05, 0.1) is 6.61 Å². The number of benzene rings is 1. The molecule has 0 spiro atoms. The lowest BCUT2D eigenvalue weighted by Crippen LogP contribution is -2.25. The van der Waals surface area contributed by atoms with Crippen LogP contribution >= 0.6 is 0 Å². The molecule has 6 heteroatoms. The van der Waals surface area contributed by atoms with Gasteiger partial charge >= 0.3 is 5.97 Å². The van der Waals surface area contributed by atoms with E-state index >= 15 is 0 Å². The Balaban J connectivity index is 2.33. The smallest absolute Gasteiger partial charge is 0.375 e. The van der Waals surface area contributed by atoms with E-state index in [0.29, 0.717) is 17.4 Å². The van der Waals surface area contributed by atoms with E-state index in [1.807, 2.05) is 0 Å². The molecule has 98 valence electrons. The molecular weight excluding hydrogens is 250 g/mol. The number of ketones is 1. The zero-order chi connectivity index (χ0) is 13.8. The molecule has 0 aliphatic heterocycles. The fraction of sp³-hybridized carbons (Fsp3) is 0.231. The van der Waals surface area contributed by atoms with Gasteiger partial charge in [-0.2, -0.15) is 0 Å². The van der Waals surface area contributed by atoms with Gasteiger partial charge in [0.25, 0.3) is 5.78 Å². The third-order valence-corrected chi connectivity index (χ3v) is 2.47. The molecule has 0 aliphatic carbocycles. The third-order valence-electron chi connectivity index (χ3n) is 2.47. The van der Waals surface area contributed by atoms with E-state index in [2.05, 4.69) is 9.72 Å². The summed E-state index contributed by atoms with van der Waals surface area (Å²) in [6, 6.07) is 6.82. The number of oxazole rings is 1. The summed E-state index contributed by atoms with van der Waals surface area (Å²) in [5.41, 5.74) is 0.960. The van der Waals surface area contributed by atoms with E-state index in [-0.39, 0.29) is 12.5 Å². The molecule has 0 bridgehead atoms. The van der Waals surface area contributed by atoms with Crippen molar-refractivity contribution in [1.82, 2.24) is 4.98 Å². The number of carbonyl (C=O) groups is 3. The molecule has 0 saturated carbocycles. The van der Waals surface area contributed by atoms with Crippen molar-refractivity contribution < 1.29 is 23.5 Å². The van der Waals surface area contributed by atoms with Gasteiger partial charge in [0.2, 0.25) is 5.89 Å². The Morgan fingerprint density at radius 2 is 2.16 bits per heavy atom. The Bertz CT molecular complexity index is 598. The minimum absolute atomic E-state index is 0.0592. The van der Waals surface area contributed by atoms with Crippen LogP contribution in [0.5, 0.6) is 0 Å². The van der Waals surface area contributed by atoms with E-state index in [1.165, 1.54) is 0 Å². The van der Waals surface area contributed by atoms with Crippen molar-refractivity contribution >= 4 is 29.1 Å². The number of hydrogen-bond acceptors (Lipinski definition) is 6. The van der Waals surface area contributed by atoms with Crippen LogP contribution in [-0.2, 0) is 19.1 Å². The van der Waals surface area contributed by atoms with E-state index in [0.717, 1.165) is 0 Å². The number of nitrogens with zero attached hydrogens (tertiary/aromatic N) is 1. The maximum Gasteiger partial charge on any atom is 0.375 e. The van der Waals surface area contributed by atoms with Crippen molar-refractivity contribution in [2.75, 3.05) is 6.61 Å². The number of rotatable bonds is 5. The summed E-state index contributed by atoms with van der Waals surface area (Å²) in [7, 11) is 0. The van der Waals surface area contributed by atoms with E-state index in [4.69, 9.17) is 4.42 Å². The molecule has 0 amide bonds. The van der Waals surface area contributed by atoms with Gasteiger partial charge < -0.3 is 13.9 Å². The Kier molecular flexibility index (Phi) is 3.70. The summed E-state index contributed by atoms with van der Waals surface area (Å²) < 4.78 is 9.86. The number of aldehydes is 1. The van der Waals surface area contributed by atoms with Crippen molar-refractivity contribution in [1.29, 1.82) is 0 Å². The fourth-order valence-electron chi connectivity index (χ4n) is 1.58. The highest BCUT2D eigenvalue weighted by Crippen LogP contribution is 2.21. The van der Waals surface area contributed by atoms with Crippen LogP contribution in [0.3, 0.4) is 0 Å². The number of hydrogen-bond donors (Lipinski definition) is 0. The summed E-state index contributed by atoms with van der Waals surface area (Å²) in [5, 5.41) is 0. The second-order valence-electron chi connectivity index (χ2n) is 3.72. The Morgan fingerprint density at radius 1 is 1.42 bits per heavy atom. The van der Waals surface area contributed by atoms with Gasteiger partial charge in [-0.3, -0.25) is 4.79 Å². The molecule has 0 radical (unpaired) electrons. The maximum atomic E-state index is 11.7. The lowest BCUT2D eigenvalue weighted by molar-refractivity contribution is -0.154. The average Bonchev–Trinajstić information content (AvgIpc) is 2.83. The number of Topliss-reactive ketones (excluding diaryl/α,β-unsaturated/α-hetero) is 1. The zero-order valence-corrected chi connectivity index (χ0v) is 10.2. The van der Waals surface area contributed by atoms with Gasteiger partial charge in [0.15, 0.2) is 11.5 Å². The van der Waals surface area contributed by atoms with Crippen LogP contribution in [0.4, 0.5) is 0 Å². The first-order valence-corrected chi connectivity index (χ1v) is 5.69. The quantitative estimate of drug-likeness (QED) is 0.348. The number of esters is 1. The highest BCUT2D eigenvalue weighted by atomic mass is 16.5. The highest BCUT2D eigenvalue weighted by molar-refractivity contribution is 6.38. The topological polar surface area (TPSA) is 86.5 Å². The molecule has 6 nitrogen and oxygen atoms in total. The Morgan fingerprint density at radius 3 is 2.79 bits per heavy atom. The normalized spacial score (nSPS) is 12.1. The van der Waals surface area contributed by atoms with E-state index in [9.17, 15) is 14.4 Å². The molecular formula is C13H11NO5. The molecule has 19 heavy (non-hydrogen) atoms. The lowest BCUT2D eigenvalue weighted by Gasteiger charge is -2.04. The molecule has 0 saturated heterocycles. The van der Waals surface area contributed by atoms with Crippen LogP contribution in [0.25, 0.3) is 11.1 Å². The van der Waals surface area contributed by atoms with Crippen molar-refractivity contribution in [3.05, 3.63) is 30.2 Å². The van der Waals surface area contributed by atoms with Gasteiger partial charge in [0.1, 0.15) is 11.8 Å². The summed E-state index contributed by atoms with van der Waals surface area (Å²) >= 11 is 0. The number of fused-ring (bicyclic) bond motifs is 1. The second kappa shape index (κ2) is 5.43. The minimum atomic E-state index is -1.37. The zero-order valence-electron chi connectivity index (χ0n) is 10.2. The van der Waals surface area contributed by atoms with Crippen molar-refractivity contribution in [3.63, 3.8) is 0 Å². The van der Waals surface area contributed by atoms with Crippen LogP contribution in [0.15, 0.2) is 28.7 Å². The van der Waals surface area contributed by atoms with Crippen molar-refractivity contribution in [2.45, 2.75) is 12.8 Å². The van der Waals surface area contributed by atoms with E-state index in [1.54, 1.807) is 31.2 Å². The summed E-state index contributed by atoms with van der Waals surface area (Å²) in [4.78, 5) is 38.1. The fourth-order valence-corrected chi connectivity index (χ4v) is 1.58. The molecule has 2 aromatic rings. The molecule has 1 aromatic heterocycles. The standard InChI is InChI=1S/C13H11NO5/c1-2-18-13(17)11(16)8(7-15)12-14-9-5-3-4-6-10(9)19-12/h3-8H,2H2,1H3. The predicted octanol–water partition coefficient (Wildman–Crippen LogP) is 1.24. The van der Waals surface area contributed by atoms with Gasteiger partial charge in [-0.05, 0) is 19.1 Å². The number of para-hydroxylation sites is 2. The number of aromatic nitrogens is 1. The van der Waals surface area contributed by atoms with Crippen LogP contribution in [0.1, 0.15) is 18.7 Å². The molecule has 0 N–H and O–H groups in total. The largest absolute Gasteiger partial charge is 0.460 e. The van der Waals surface area contributed by atoms with Crippen molar-refractivity contribution in [2.24, 2.45) is 0 Å². The Hall–Kier alpha value is -2.50. The summed E-state index contributed by atoms with van der Waals surface area (Å²) in [6.07, 6.45) is 0.323. The van der Waals surface area contributed by atoms with Gasteiger partial charge in [-0.1, -0.05) is 12.1 Å². The summed E-state index contributed by atoms with van der Waals surface area (Å²) in [6.45, 7) is 1.63. The predicted molar refractivity (Wildman–Crippen MR) is 64.5 cm³/mol.